The molecule has 0 aliphatic heterocycles. The number of methoxy groups -OCH3 is 1. The van der Waals surface area contributed by atoms with Gasteiger partial charge in [-0.2, -0.15) is 0 Å². The van der Waals surface area contributed by atoms with Gasteiger partial charge in [-0.15, -0.1) is 0 Å². The first-order valence-corrected chi connectivity index (χ1v) is 9.25. The summed E-state index contributed by atoms with van der Waals surface area (Å²) in [6.07, 6.45) is 3.02. The average molecular weight is 362 g/mol. The number of nitrogens with one attached hydrogen (secondary N) is 1. The molecule has 0 amide bonds. The Morgan fingerprint density at radius 1 is 1.39 bits per heavy atom. The third kappa shape index (κ3) is 5.46. The molecule has 2 rings (SSSR count). The molecule has 1 aliphatic carbocycles. The summed E-state index contributed by atoms with van der Waals surface area (Å²) in [5, 5.41) is 0.0511. The number of carbonyl (C=O) groups excluding carboxylic acids is 1. The number of ether oxygens (including phenoxy) is 2. The Hall–Kier alpha value is -1.15. The lowest BCUT2D eigenvalue weighted by Gasteiger charge is -2.10. The Morgan fingerprint density at radius 3 is 2.78 bits per heavy atom. The van der Waals surface area contributed by atoms with Crippen molar-refractivity contribution < 1.29 is 22.7 Å². The second-order valence-corrected chi connectivity index (χ2v) is 7.55. The van der Waals surface area contributed by atoms with Crippen LogP contribution in [0.15, 0.2) is 23.1 Å². The van der Waals surface area contributed by atoms with Gasteiger partial charge in [0.25, 0.3) is 0 Å². The second kappa shape index (κ2) is 8.10. The molecule has 0 unspecified atom stereocenters. The zero-order valence-electron chi connectivity index (χ0n) is 12.9. The summed E-state index contributed by atoms with van der Waals surface area (Å²) in [5.74, 6) is 0.0677. The van der Waals surface area contributed by atoms with E-state index < -0.39 is 16.0 Å². The summed E-state index contributed by atoms with van der Waals surface area (Å²) >= 11 is 5.94. The van der Waals surface area contributed by atoms with Gasteiger partial charge in [0.05, 0.1) is 17.7 Å². The fourth-order valence-corrected chi connectivity index (χ4v) is 3.54. The van der Waals surface area contributed by atoms with Crippen LogP contribution in [-0.2, 0) is 19.5 Å². The van der Waals surface area contributed by atoms with E-state index in [9.17, 15) is 13.2 Å². The molecule has 0 saturated heterocycles. The molecule has 8 heteroatoms. The molecule has 0 atom stereocenters. The maximum absolute atomic E-state index is 12.3. The van der Waals surface area contributed by atoms with Crippen molar-refractivity contribution in [3.8, 4) is 0 Å². The monoisotopic (exact) mass is 361 g/mol. The van der Waals surface area contributed by atoms with Crippen LogP contribution in [0.5, 0.6) is 0 Å². The van der Waals surface area contributed by atoms with E-state index >= 15 is 0 Å². The molecule has 0 heterocycles. The molecule has 6 nitrogen and oxygen atoms in total. The minimum Gasteiger partial charge on any atom is -0.465 e. The van der Waals surface area contributed by atoms with E-state index in [1.165, 1.54) is 38.2 Å². The quantitative estimate of drug-likeness (QED) is 0.538. The summed E-state index contributed by atoms with van der Waals surface area (Å²) < 4.78 is 37.0. The highest BCUT2D eigenvalue weighted by Crippen LogP contribution is 2.28. The van der Waals surface area contributed by atoms with Gasteiger partial charge in [-0.05, 0) is 43.4 Å². The number of hydrogen-bond acceptors (Lipinski definition) is 5. The molecule has 0 bridgehead atoms. The Kier molecular flexibility index (Phi) is 6.41. The first-order chi connectivity index (χ1) is 10.9. The van der Waals surface area contributed by atoms with E-state index in [1.54, 1.807) is 0 Å². The first-order valence-electron chi connectivity index (χ1n) is 7.39. The van der Waals surface area contributed by atoms with Gasteiger partial charge in [0.2, 0.25) is 10.0 Å². The SMILES string of the molecule is COC(=O)c1ccc(Cl)c(S(=O)(=O)NCCCOCC2CC2)c1. The fourth-order valence-electron chi connectivity index (χ4n) is 1.95. The van der Waals surface area contributed by atoms with Gasteiger partial charge in [-0.25, -0.2) is 17.9 Å². The van der Waals surface area contributed by atoms with E-state index in [0.29, 0.717) is 18.9 Å². The second-order valence-electron chi connectivity index (χ2n) is 5.41. The standard InChI is InChI=1S/C15H20ClNO5S/c1-21-15(18)12-5-6-13(16)14(9-12)23(19,20)17-7-2-8-22-10-11-3-4-11/h5-6,9,11,17H,2-4,7-8,10H2,1H3. The van der Waals surface area contributed by atoms with Crippen LogP contribution in [0.4, 0.5) is 0 Å². The molecule has 1 fully saturated rings. The largest absolute Gasteiger partial charge is 0.465 e. The van der Waals surface area contributed by atoms with Gasteiger partial charge >= 0.3 is 5.97 Å². The molecule has 1 saturated carbocycles. The normalized spacial score (nSPS) is 14.7. The van der Waals surface area contributed by atoms with Gasteiger partial charge in [-0.3, -0.25) is 0 Å². The van der Waals surface area contributed by atoms with Crippen molar-refractivity contribution in [2.45, 2.75) is 24.2 Å². The smallest absolute Gasteiger partial charge is 0.337 e. The average Bonchev–Trinajstić information content (AvgIpc) is 3.34. The van der Waals surface area contributed by atoms with Crippen LogP contribution in [-0.4, -0.2) is 41.3 Å². The molecule has 0 spiro atoms. The number of esters is 1. The predicted molar refractivity (Wildman–Crippen MR) is 86.1 cm³/mol. The molecule has 1 aliphatic rings. The molecule has 1 aromatic carbocycles. The number of rotatable bonds is 9. The highest BCUT2D eigenvalue weighted by molar-refractivity contribution is 7.89. The number of halogens is 1. The summed E-state index contributed by atoms with van der Waals surface area (Å²) in [5.41, 5.74) is 0.130. The van der Waals surface area contributed by atoms with Crippen molar-refractivity contribution >= 4 is 27.6 Å². The minimum absolute atomic E-state index is 0.0511. The maximum Gasteiger partial charge on any atom is 0.337 e. The van der Waals surface area contributed by atoms with E-state index in [0.717, 1.165) is 6.61 Å². The van der Waals surface area contributed by atoms with Gasteiger partial charge < -0.3 is 9.47 Å². The Morgan fingerprint density at radius 2 is 2.13 bits per heavy atom. The van der Waals surface area contributed by atoms with E-state index in [2.05, 4.69) is 9.46 Å². The molecular formula is C15H20ClNO5S. The van der Waals surface area contributed by atoms with Crippen molar-refractivity contribution in [1.82, 2.24) is 4.72 Å². The maximum atomic E-state index is 12.3. The number of sulfonamides is 1. The molecule has 0 aromatic heterocycles. The van der Waals surface area contributed by atoms with Gasteiger partial charge in [-0.1, -0.05) is 11.6 Å². The minimum atomic E-state index is -3.79. The third-order valence-corrected chi connectivity index (χ3v) is 5.39. The van der Waals surface area contributed by atoms with Crippen molar-refractivity contribution in [2.75, 3.05) is 26.9 Å². The summed E-state index contributed by atoms with van der Waals surface area (Å²) in [6.45, 7) is 1.50. The third-order valence-electron chi connectivity index (χ3n) is 3.45. The van der Waals surface area contributed by atoms with Gasteiger partial charge in [0.15, 0.2) is 0 Å². The number of carbonyl (C=O) groups is 1. The van der Waals surface area contributed by atoms with E-state index in [1.807, 2.05) is 0 Å². The predicted octanol–water partition coefficient (Wildman–Crippen LogP) is 2.22. The summed E-state index contributed by atoms with van der Waals surface area (Å²) in [7, 11) is -2.56. The van der Waals surface area contributed by atoms with Crippen molar-refractivity contribution in [2.24, 2.45) is 5.92 Å². The Balaban J connectivity index is 1.90. The highest BCUT2D eigenvalue weighted by Gasteiger charge is 2.21. The Labute approximate surface area is 141 Å². The van der Waals surface area contributed by atoms with E-state index in [-0.39, 0.29) is 22.0 Å². The zero-order chi connectivity index (χ0) is 16.9. The number of benzene rings is 1. The molecular weight excluding hydrogens is 342 g/mol. The highest BCUT2D eigenvalue weighted by atomic mass is 35.5. The molecule has 23 heavy (non-hydrogen) atoms. The Bertz CT molecular complexity index is 658. The van der Waals surface area contributed by atoms with Crippen LogP contribution in [0.25, 0.3) is 0 Å². The number of hydrogen-bond donors (Lipinski definition) is 1. The molecule has 128 valence electrons. The lowest BCUT2D eigenvalue weighted by molar-refractivity contribution is 0.0600. The fraction of sp³-hybridized carbons (Fsp3) is 0.533. The summed E-state index contributed by atoms with van der Waals surface area (Å²) in [4.78, 5) is 11.4. The molecule has 1 aromatic rings. The lowest BCUT2D eigenvalue weighted by Crippen LogP contribution is -2.26. The lowest BCUT2D eigenvalue weighted by atomic mass is 10.2. The van der Waals surface area contributed by atoms with Crippen LogP contribution >= 0.6 is 11.6 Å². The van der Waals surface area contributed by atoms with Crippen molar-refractivity contribution in [3.63, 3.8) is 0 Å². The van der Waals surface area contributed by atoms with Crippen LogP contribution < -0.4 is 4.72 Å². The van der Waals surface area contributed by atoms with Crippen LogP contribution in [0, 0.1) is 5.92 Å². The van der Waals surface area contributed by atoms with Crippen molar-refractivity contribution in [3.05, 3.63) is 28.8 Å². The summed E-state index contributed by atoms with van der Waals surface area (Å²) in [6, 6.07) is 3.99. The van der Waals surface area contributed by atoms with Crippen molar-refractivity contribution in [1.29, 1.82) is 0 Å². The molecule has 1 N–H and O–H groups in total. The van der Waals surface area contributed by atoms with Gasteiger partial charge in [0, 0.05) is 19.8 Å². The van der Waals surface area contributed by atoms with Gasteiger partial charge in [0.1, 0.15) is 4.90 Å². The van der Waals surface area contributed by atoms with Crippen LogP contribution in [0.1, 0.15) is 29.6 Å². The van der Waals surface area contributed by atoms with E-state index in [4.69, 9.17) is 16.3 Å². The first kappa shape index (κ1) is 18.2. The van der Waals surface area contributed by atoms with Crippen LogP contribution in [0.2, 0.25) is 5.02 Å². The van der Waals surface area contributed by atoms with Crippen LogP contribution in [0.3, 0.4) is 0 Å². The topological polar surface area (TPSA) is 81.7 Å². The molecule has 0 radical (unpaired) electrons. The zero-order valence-corrected chi connectivity index (χ0v) is 14.5.